The summed E-state index contributed by atoms with van der Waals surface area (Å²) in [7, 11) is 0. The van der Waals surface area contributed by atoms with Gasteiger partial charge in [-0.3, -0.25) is 14.4 Å². The first kappa shape index (κ1) is 16.4. The van der Waals surface area contributed by atoms with Gasteiger partial charge in [0.15, 0.2) is 0 Å². The lowest BCUT2D eigenvalue weighted by Gasteiger charge is -2.49. The summed E-state index contributed by atoms with van der Waals surface area (Å²) in [5, 5.41) is 20.3. The predicted molar refractivity (Wildman–Crippen MR) is 85.7 cm³/mol. The average molecular weight is 321 g/mol. The maximum absolute atomic E-state index is 12.3. The summed E-state index contributed by atoms with van der Waals surface area (Å²) in [6.45, 7) is 6.86. The molecule has 2 unspecified atom stereocenters. The van der Waals surface area contributed by atoms with Crippen molar-refractivity contribution in [1.82, 2.24) is 25.2 Å². The van der Waals surface area contributed by atoms with Crippen LogP contribution in [0.15, 0.2) is 6.20 Å². The Morgan fingerprint density at radius 1 is 1.52 bits per heavy atom. The van der Waals surface area contributed by atoms with E-state index in [-0.39, 0.29) is 24.5 Å². The quantitative estimate of drug-likeness (QED) is 0.773. The molecule has 1 aromatic rings. The van der Waals surface area contributed by atoms with Crippen molar-refractivity contribution < 1.29 is 9.90 Å². The van der Waals surface area contributed by atoms with Gasteiger partial charge in [-0.25, -0.2) is 0 Å². The van der Waals surface area contributed by atoms with E-state index >= 15 is 0 Å². The highest BCUT2D eigenvalue weighted by Gasteiger charge is 2.43. The van der Waals surface area contributed by atoms with Gasteiger partial charge in [0.1, 0.15) is 0 Å². The second-order valence-electron chi connectivity index (χ2n) is 7.11. The van der Waals surface area contributed by atoms with Crippen LogP contribution in [0.25, 0.3) is 0 Å². The summed E-state index contributed by atoms with van der Waals surface area (Å²) in [6, 6.07) is 0.634. The van der Waals surface area contributed by atoms with Crippen molar-refractivity contribution in [2.24, 2.45) is 11.8 Å². The van der Waals surface area contributed by atoms with E-state index in [1.165, 1.54) is 0 Å². The summed E-state index contributed by atoms with van der Waals surface area (Å²) in [5.41, 5.74) is 0.831. The van der Waals surface area contributed by atoms with Gasteiger partial charge in [0.05, 0.1) is 18.2 Å². The molecule has 7 heteroatoms. The van der Waals surface area contributed by atoms with Crippen molar-refractivity contribution in [3.05, 3.63) is 11.9 Å². The molecule has 3 saturated heterocycles. The fourth-order valence-corrected chi connectivity index (χ4v) is 3.89. The molecule has 4 atom stereocenters. The first-order chi connectivity index (χ1) is 11.1. The lowest BCUT2D eigenvalue weighted by molar-refractivity contribution is -0.133. The van der Waals surface area contributed by atoms with Crippen LogP contribution >= 0.6 is 0 Å². The summed E-state index contributed by atoms with van der Waals surface area (Å²) < 4.78 is 1.87. The number of rotatable bonds is 6. The largest absolute Gasteiger partial charge is 0.396 e. The molecule has 4 rings (SSSR count). The van der Waals surface area contributed by atoms with Crippen LogP contribution in [0.3, 0.4) is 0 Å². The highest BCUT2D eigenvalue weighted by atomic mass is 16.3. The minimum Gasteiger partial charge on any atom is -0.396 e. The Kier molecular flexibility index (Phi) is 4.96. The monoisotopic (exact) mass is 321 g/mol. The number of nitrogens with zero attached hydrogens (tertiary/aromatic N) is 4. The Hall–Kier alpha value is -1.47. The topological polar surface area (TPSA) is 83.3 Å². The molecule has 3 aliphatic heterocycles. The smallest absolute Gasteiger partial charge is 0.224 e. The number of aromatic nitrogens is 3. The second kappa shape index (κ2) is 6.97. The fraction of sp³-hybridized carbons (Fsp3) is 0.812. The zero-order valence-corrected chi connectivity index (χ0v) is 14.0. The molecule has 2 bridgehead atoms. The molecular weight excluding hydrogens is 294 g/mol. The third-order valence-corrected chi connectivity index (χ3v) is 5.00. The van der Waals surface area contributed by atoms with E-state index in [4.69, 9.17) is 5.11 Å². The van der Waals surface area contributed by atoms with Crippen molar-refractivity contribution in [2.75, 3.05) is 19.7 Å². The van der Waals surface area contributed by atoms with Crippen LogP contribution in [0.5, 0.6) is 0 Å². The van der Waals surface area contributed by atoms with Gasteiger partial charge in [0, 0.05) is 37.9 Å². The molecule has 3 aliphatic rings. The third kappa shape index (κ3) is 3.72. The van der Waals surface area contributed by atoms with E-state index in [0.29, 0.717) is 18.4 Å². The van der Waals surface area contributed by atoms with Crippen LogP contribution in [-0.4, -0.2) is 62.7 Å². The SMILES string of the molecule is CC(C)NC(=O)[C@H]1CN2CCC1C[C@@H]2Cn1cc(CCO)nn1. The Morgan fingerprint density at radius 3 is 3.00 bits per heavy atom. The maximum Gasteiger partial charge on any atom is 0.224 e. The molecule has 1 amide bonds. The number of aliphatic hydroxyl groups is 1. The summed E-state index contributed by atoms with van der Waals surface area (Å²) in [5.74, 6) is 0.811. The summed E-state index contributed by atoms with van der Waals surface area (Å²) in [6.07, 6.45) is 4.63. The summed E-state index contributed by atoms with van der Waals surface area (Å²) >= 11 is 0. The Bertz CT molecular complexity index is 544. The first-order valence-corrected chi connectivity index (χ1v) is 8.61. The summed E-state index contributed by atoms with van der Waals surface area (Å²) in [4.78, 5) is 14.8. The Morgan fingerprint density at radius 2 is 2.35 bits per heavy atom. The fourth-order valence-electron chi connectivity index (χ4n) is 3.89. The molecule has 4 heterocycles. The maximum atomic E-state index is 12.3. The van der Waals surface area contributed by atoms with E-state index in [1.807, 2.05) is 24.7 Å². The number of amides is 1. The van der Waals surface area contributed by atoms with E-state index < -0.39 is 0 Å². The van der Waals surface area contributed by atoms with Gasteiger partial charge in [-0.2, -0.15) is 0 Å². The van der Waals surface area contributed by atoms with Crippen molar-refractivity contribution in [3.8, 4) is 0 Å². The number of carbonyl (C=O) groups excluding carboxylic acids is 1. The standard InChI is InChI=1S/C16H27N5O2/c1-11(2)17-16(23)15-10-20-5-3-12(15)7-14(20)9-21-8-13(4-6-22)18-19-21/h8,11-12,14-15,22H,3-7,9-10H2,1-2H3,(H,17,23)/t12?,14-,15+/m1/s1. The zero-order valence-electron chi connectivity index (χ0n) is 14.0. The van der Waals surface area contributed by atoms with Crippen LogP contribution in [0.2, 0.25) is 0 Å². The van der Waals surface area contributed by atoms with Gasteiger partial charge < -0.3 is 10.4 Å². The molecule has 2 N–H and O–H groups in total. The number of carbonyl (C=O) groups is 1. The minimum atomic E-state index is 0.100. The van der Waals surface area contributed by atoms with Crippen LogP contribution in [0.1, 0.15) is 32.4 Å². The Labute approximate surface area is 137 Å². The zero-order chi connectivity index (χ0) is 16.4. The number of piperidine rings is 3. The molecule has 128 valence electrons. The average Bonchev–Trinajstić information content (AvgIpc) is 2.95. The highest BCUT2D eigenvalue weighted by molar-refractivity contribution is 5.79. The van der Waals surface area contributed by atoms with Crippen molar-refractivity contribution >= 4 is 5.91 Å². The normalized spacial score (nSPS) is 29.9. The van der Waals surface area contributed by atoms with Crippen molar-refractivity contribution in [2.45, 2.75) is 51.7 Å². The van der Waals surface area contributed by atoms with E-state index in [0.717, 1.165) is 38.2 Å². The van der Waals surface area contributed by atoms with Gasteiger partial charge in [-0.1, -0.05) is 5.21 Å². The number of hydrogen-bond acceptors (Lipinski definition) is 5. The van der Waals surface area contributed by atoms with Crippen LogP contribution < -0.4 is 5.32 Å². The van der Waals surface area contributed by atoms with Crippen molar-refractivity contribution in [1.29, 1.82) is 0 Å². The van der Waals surface area contributed by atoms with Gasteiger partial charge in [0.2, 0.25) is 5.91 Å². The third-order valence-electron chi connectivity index (χ3n) is 5.00. The van der Waals surface area contributed by atoms with Gasteiger partial charge in [-0.05, 0) is 39.2 Å². The van der Waals surface area contributed by atoms with Crippen LogP contribution in [-0.2, 0) is 17.8 Å². The van der Waals surface area contributed by atoms with E-state index in [1.54, 1.807) is 0 Å². The number of nitrogens with one attached hydrogen (secondary N) is 1. The molecule has 7 nitrogen and oxygen atoms in total. The molecule has 3 fully saturated rings. The van der Waals surface area contributed by atoms with Gasteiger partial charge in [0.25, 0.3) is 0 Å². The van der Waals surface area contributed by atoms with Crippen LogP contribution in [0, 0.1) is 11.8 Å². The lowest BCUT2D eigenvalue weighted by Crippen LogP contribution is -2.58. The molecule has 0 spiro atoms. The van der Waals surface area contributed by atoms with Gasteiger partial charge >= 0.3 is 0 Å². The lowest BCUT2D eigenvalue weighted by atomic mass is 9.75. The van der Waals surface area contributed by atoms with Crippen LogP contribution in [0.4, 0.5) is 0 Å². The van der Waals surface area contributed by atoms with E-state index in [2.05, 4.69) is 20.5 Å². The molecule has 23 heavy (non-hydrogen) atoms. The Balaban J connectivity index is 1.59. The van der Waals surface area contributed by atoms with E-state index in [9.17, 15) is 4.79 Å². The number of fused-ring (bicyclic) bond motifs is 3. The molecular formula is C16H27N5O2. The number of hydrogen-bond donors (Lipinski definition) is 2. The molecule has 0 aromatic carbocycles. The van der Waals surface area contributed by atoms with Crippen molar-refractivity contribution in [3.63, 3.8) is 0 Å². The second-order valence-corrected chi connectivity index (χ2v) is 7.11. The molecule has 0 saturated carbocycles. The number of aliphatic hydroxyl groups excluding tert-OH is 1. The molecule has 0 radical (unpaired) electrons. The first-order valence-electron chi connectivity index (χ1n) is 8.61. The molecule has 1 aromatic heterocycles. The molecule has 0 aliphatic carbocycles. The predicted octanol–water partition coefficient (Wildman–Crippen LogP) is 0.0479. The van der Waals surface area contributed by atoms with Gasteiger partial charge in [-0.15, -0.1) is 5.10 Å². The minimum absolute atomic E-state index is 0.100. The highest BCUT2D eigenvalue weighted by Crippen LogP contribution is 2.36.